The van der Waals surface area contributed by atoms with Crippen LogP contribution < -0.4 is 53.2 Å². The fraction of sp³-hybridized carbons (Fsp3) is 0.888. The molecule has 133 heavy (non-hydrogen) atoms. The predicted octanol–water partition coefficient (Wildman–Crippen LogP) is -2.10. The first kappa shape index (κ1) is 121. The molecule has 0 aromatic heterocycles. The molecule has 0 spiro atoms. The smallest absolute Gasteiger partial charge is 0.246 e. The molecule has 3 rings (SSSR count). The number of hydrogen-bond acceptors (Lipinski definition) is 34. The van der Waals surface area contributed by atoms with Gasteiger partial charge in [0.1, 0.15) is 111 Å². The van der Waals surface area contributed by atoms with Crippen LogP contribution in [0.15, 0.2) is 0 Å². The van der Waals surface area contributed by atoms with Gasteiger partial charge in [0.25, 0.3) is 0 Å². The summed E-state index contributed by atoms with van der Waals surface area (Å²) in [5.41, 5.74) is 0. The quantitative estimate of drug-likeness (QED) is 0.0290. The van der Waals surface area contributed by atoms with Gasteiger partial charge in [0.05, 0.1) is 139 Å². The van der Waals surface area contributed by atoms with Crippen LogP contribution in [0, 0.1) is 0 Å². The van der Waals surface area contributed by atoms with Gasteiger partial charge in [0, 0.05) is 53.4 Å². The van der Waals surface area contributed by atoms with Crippen LogP contribution in [-0.4, -0.2) is 400 Å². The van der Waals surface area contributed by atoms with Crippen LogP contribution in [0.4, 0.5) is 0 Å². The molecule has 0 aliphatic carbocycles. The van der Waals surface area contributed by atoms with Crippen LogP contribution >= 0.6 is 0 Å². The van der Waals surface area contributed by atoms with Crippen molar-refractivity contribution in [3.8, 4) is 0 Å². The molecule has 0 bridgehead atoms. The lowest BCUT2D eigenvalue weighted by Gasteiger charge is -2.42. The summed E-state index contributed by atoms with van der Waals surface area (Å²) in [7, 11) is 0. The van der Waals surface area contributed by atoms with Crippen molar-refractivity contribution in [1.82, 2.24) is 53.2 Å². The average Bonchev–Trinajstić information content (AvgIpc) is 0.820. The standard InChI is InChI=1S/C89H164N10O34/c1-6-8-10-12-13-14-15-16-17-18-19-20-22-33-71(106)90-34-27-23-30-65(84(116)93-37-26-21-11-9-7-2)98-86(118)67(32-25-29-36-92-73(108)60-126-48-45-120-39-42-123-51-54-129-88-76(95-63(4)104)82(114)79(111)69(57-101)132-88)99-85(117)66(97-74(109)61-127-49-46-121-40-43-124-52-55-130-89-77(96-64(5)105)83(115)80(112)70(58-102)133-89)31-24-28-35-91-72(107)59-125-47-44-119-38-41-122-50-53-128-87-75(94-62(3)103)81(113)78(110)68(56-100)131-87/h65-70,75-83,87-89,100-102,110-115H,6-61H2,1-5H3,(H,90,106)(H,91,107)(H,92,108)(H,93,116)(H,94,103)(H,95,104)(H,96,105)(H,97,109)(H,98,118)(H,99,117)/t65-,66-,67?,68+,69+,70+,75+,76+,77+,78-,79-,80-,81+,82+,83+,87+,88+,89+/m0/s1. The van der Waals surface area contributed by atoms with Crippen molar-refractivity contribution in [2.45, 2.75) is 324 Å². The Kier molecular flexibility index (Phi) is 70.6. The highest BCUT2D eigenvalue weighted by Crippen LogP contribution is 2.26. The lowest BCUT2D eigenvalue weighted by molar-refractivity contribution is -0.272. The third kappa shape index (κ3) is 56.4. The lowest BCUT2D eigenvalue weighted by atomic mass is 9.97. The highest BCUT2D eigenvalue weighted by Gasteiger charge is 2.48. The van der Waals surface area contributed by atoms with Crippen molar-refractivity contribution in [3.63, 3.8) is 0 Å². The zero-order valence-electron chi connectivity index (χ0n) is 79.2. The summed E-state index contributed by atoms with van der Waals surface area (Å²) in [5, 5.41) is 119. The summed E-state index contributed by atoms with van der Waals surface area (Å²) in [5.74, 6) is -5.01. The molecule has 18 atom stereocenters. The Morgan fingerprint density at radius 3 is 0.850 bits per heavy atom. The molecule has 19 N–H and O–H groups in total. The summed E-state index contributed by atoms with van der Waals surface area (Å²) < 4.78 is 83.7. The molecule has 44 nitrogen and oxygen atoms in total. The van der Waals surface area contributed by atoms with Gasteiger partial charge in [0.15, 0.2) is 18.9 Å². The second-order valence-electron chi connectivity index (χ2n) is 33.2. The van der Waals surface area contributed by atoms with E-state index in [1.165, 1.54) is 78.6 Å². The first-order valence-electron chi connectivity index (χ1n) is 48.0. The Labute approximate surface area is 783 Å². The van der Waals surface area contributed by atoms with E-state index in [4.69, 9.17) is 71.1 Å². The summed E-state index contributed by atoms with van der Waals surface area (Å²) in [6.45, 7) is 7.13. The first-order chi connectivity index (χ1) is 64.3. The molecular formula is C89H164N10O34. The second kappa shape index (κ2) is 77.6. The number of amides is 10. The van der Waals surface area contributed by atoms with Crippen LogP contribution in [0.3, 0.4) is 0 Å². The number of carbonyl (C=O) groups excluding carboxylic acids is 10. The highest BCUT2D eigenvalue weighted by atomic mass is 16.7. The van der Waals surface area contributed by atoms with Crippen molar-refractivity contribution in [3.05, 3.63) is 0 Å². The number of ether oxygens (including phenoxy) is 15. The van der Waals surface area contributed by atoms with Crippen LogP contribution in [-0.2, 0) is 119 Å². The van der Waals surface area contributed by atoms with Crippen molar-refractivity contribution in [2.75, 3.05) is 185 Å². The highest BCUT2D eigenvalue weighted by molar-refractivity contribution is 5.94. The summed E-state index contributed by atoms with van der Waals surface area (Å²) in [6, 6.07) is -6.95. The minimum atomic E-state index is -1.49. The summed E-state index contributed by atoms with van der Waals surface area (Å²) in [6.07, 6.45) is 7.01. The zero-order valence-corrected chi connectivity index (χ0v) is 79.2. The van der Waals surface area contributed by atoms with Crippen molar-refractivity contribution >= 4 is 59.1 Å². The molecule has 3 saturated heterocycles. The van der Waals surface area contributed by atoms with Gasteiger partial charge >= 0.3 is 0 Å². The van der Waals surface area contributed by atoms with E-state index in [2.05, 4.69) is 67.0 Å². The molecular weight excluding hydrogens is 1750 g/mol. The minimum absolute atomic E-state index is 0.00525. The van der Waals surface area contributed by atoms with E-state index in [1.54, 1.807) is 0 Å². The summed E-state index contributed by atoms with van der Waals surface area (Å²) in [4.78, 5) is 132. The van der Waals surface area contributed by atoms with E-state index >= 15 is 0 Å². The van der Waals surface area contributed by atoms with Crippen LogP contribution in [0.2, 0.25) is 0 Å². The molecule has 44 heteroatoms. The normalized spacial score (nSPS) is 22.5. The molecule has 3 heterocycles. The van der Waals surface area contributed by atoms with E-state index in [0.29, 0.717) is 51.6 Å². The monoisotopic (exact) mass is 1920 g/mol. The Morgan fingerprint density at radius 1 is 0.278 bits per heavy atom. The fourth-order valence-electron chi connectivity index (χ4n) is 14.6. The SMILES string of the molecule is CCCCCCCCCCCCCCCC(=O)NCCCC[C@H](NC(=O)C(CCCCNC(=O)COCCOCCOCCO[C@@H]1O[C@H](CO)[C@H](O)[C@H](O)[C@H]1NC(C)=O)NC(=O)[C@H](CCCCNC(=O)COCCOCCOCCO[C@@H]1O[C@H](CO)[C@H](O)[C@H](O)[C@H]1NC(C)=O)NC(=O)COCCOCCOCCO[C@@H]1O[C@H](CO)[C@H](O)[C@H](O)[C@H]1NC(C)=O)C(=O)NCCCCCCC. The molecule has 774 valence electrons. The second-order valence-corrected chi connectivity index (χ2v) is 33.2. The van der Waals surface area contributed by atoms with Gasteiger partial charge in [-0.3, -0.25) is 47.9 Å². The molecule has 10 amide bonds. The minimum Gasteiger partial charge on any atom is -0.394 e. The maximum absolute atomic E-state index is 14.8. The van der Waals surface area contributed by atoms with Crippen molar-refractivity contribution in [1.29, 1.82) is 0 Å². The van der Waals surface area contributed by atoms with E-state index < -0.39 is 190 Å². The van der Waals surface area contributed by atoms with Gasteiger partial charge in [-0.15, -0.1) is 0 Å². The number of nitrogens with one attached hydrogen (secondary N) is 10. The van der Waals surface area contributed by atoms with Gasteiger partial charge in [-0.2, -0.15) is 0 Å². The number of rotatable bonds is 83. The van der Waals surface area contributed by atoms with Crippen LogP contribution in [0.1, 0.15) is 214 Å². The maximum Gasteiger partial charge on any atom is 0.246 e. The third-order valence-electron chi connectivity index (χ3n) is 21.9. The van der Waals surface area contributed by atoms with E-state index in [9.17, 15) is 93.9 Å². The Hall–Kier alpha value is -6.26. The fourth-order valence-corrected chi connectivity index (χ4v) is 14.6. The first-order valence-corrected chi connectivity index (χ1v) is 48.0. The number of hydrogen-bond donors (Lipinski definition) is 19. The van der Waals surface area contributed by atoms with Crippen LogP contribution in [0.5, 0.6) is 0 Å². The molecule has 3 aliphatic heterocycles. The van der Waals surface area contributed by atoms with E-state index in [-0.39, 0.29) is 183 Å². The number of aliphatic hydroxyl groups is 9. The van der Waals surface area contributed by atoms with Gasteiger partial charge in [-0.1, -0.05) is 117 Å². The molecule has 0 aromatic rings. The molecule has 0 aromatic carbocycles. The van der Waals surface area contributed by atoms with E-state index in [0.717, 1.165) is 51.4 Å². The number of unbranched alkanes of at least 4 members (excludes halogenated alkanes) is 19. The number of aliphatic hydroxyl groups excluding tert-OH is 9. The largest absolute Gasteiger partial charge is 0.394 e. The Bertz CT molecular complexity index is 3080. The molecule has 1 unspecified atom stereocenters. The van der Waals surface area contributed by atoms with Crippen molar-refractivity contribution < 1.29 is 165 Å². The maximum atomic E-state index is 14.8. The predicted molar refractivity (Wildman–Crippen MR) is 480 cm³/mol. The topological polar surface area (TPSA) is 612 Å². The number of carbonyl (C=O) groups is 10. The average molecular weight is 1920 g/mol. The van der Waals surface area contributed by atoms with E-state index in [1.807, 2.05) is 0 Å². The Morgan fingerprint density at radius 2 is 0.534 bits per heavy atom. The van der Waals surface area contributed by atoms with Gasteiger partial charge < -0.3 is 170 Å². The third-order valence-corrected chi connectivity index (χ3v) is 21.9. The van der Waals surface area contributed by atoms with Crippen LogP contribution in [0.25, 0.3) is 0 Å². The van der Waals surface area contributed by atoms with Gasteiger partial charge in [-0.25, -0.2) is 0 Å². The molecule has 0 saturated carbocycles. The molecule has 3 fully saturated rings. The van der Waals surface area contributed by atoms with Crippen molar-refractivity contribution in [2.24, 2.45) is 0 Å². The Balaban J connectivity index is 1.68. The van der Waals surface area contributed by atoms with Gasteiger partial charge in [-0.05, 0) is 70.6 Å². The molecule has 3 aliphatic rings. The van der Waals surface area contributed by atoms with Gasteiger partial charge in [0.2, 0.25) is 59.1 Å². The molecule has 0 radical (unpaired) electrons. The lowest BCUT2D eigenvalue weighted by Crippen LogP contribution is -2.64. The summed E-state index contributed by atoms with van der Waals surface area (Å²) >= 11 is 0. The zero-order chi connectivity index (χ0) is 97.4.